The fourth-order valence-corrected chi connectivity index (χ4v) is 4.71. The highest BCUT2D eigenvalue weighted by Crippen LogP contribution is 2.37. The SMILES string of the molecule is COc1cc(-c2[nH]c3ccc(N4CCN(CCC(F)(F)F)CC4)nc3c2C(C)C)cn2ncnc12. The molecule has 1 fully saturated rings. The fraction of sp³-hybridized carbons (Fsp3) is 0.458. The number of nitrogens with zero attached hydrogens (tertiary/aromatic N) is 6. The lowest BCUT2D eigenvalue weighted by Gasteiger charge is -2.35. The average Bonchev–Trinajstić information content (AvgIpc) is 3.46. The van der Waals surface area contributed by atoms with E-state index in [4.69, 9.17) is 9.72 Å². The molecule has 0 saturated carbocycles. The van der Waals surface area contributed by atoms with Crippen LogP contribution in [0.25, 0.3) is 27.9 Å². The Bertz CT molecular complexity index is 1340. The quantitative estimate of drug-likeness (QED) is 0.432. The highest BCUT2D eigenvalue weighted by atomic mass is 19.4. The number of ether oxygens (including phenoxy) is 1. The summed E-state index contributed by atoms with van der Waals surface area (Å²) in [5.74, 6) is 1.66. The van der Waals surface area contributed by atoms with Crippen LogP contribution < -0.4 is 9.64 Å². The van der Waals surface area contributed by atoms with Gasteiger partial charge in [0.15, 0.2) is 11.4 Å². The van der Waals surface area contributed by atoms with Gasteiger partial charge in [0.25, 0.3) is 0 Å². The summed E-state index contributed by atoms with van der Waals surface area (Å²) in [4.78, 5) is 16.8. The first-order valence-corrected chi connectivity index (χ1v) is 11.7. The summed E-state index contributed by atoms with van der Waals surface area (Å²) < 4.78 is 44.9. The maximum atomic E-state index is 12.6. The first-order valence-electron chi connectivity index (χ1n) is 11.7. The lowest BCUT2D eigenvalue weighted by Crippen LogP contribution is -2.47. The number of H-pyrrole nitrogens is 1. The van der Waals surface area contributed by atoms with Gasteiger partial charge < -0.3 is 14.6 Å². The lowest BCUT2D eigenvalue weighted by atomic mass is 9.99. The Morgan fingerprint density at radius 2 is 1.91 bits per heavy atom. The van der Waals surface area contributed by atoms with Gasteiger partial charge in [0.1, 0.15) is 12.1 Å². The topological polar surface area (TPSA) is 74.6 Å². The zero-order valence-electron chi connectivity index (χ0n) is 19.9. The number of hydrogen-bond acceptors (Lipinski definition) is 6. The van der Waals surface area contributed by atoms with E-state index in [0.29, 0.717) is 37.6 Å². The van der Waals surface area contributed by atoms with Crippen molar-refractivity contribution in [3.63, 3.8) is 0 Å². The molecular formula is C24H28F3N7O. The van der Waals surface area contributed by atoms with Gasteiger partial charge in [-0.05, 0) is 24.1 Å². The van der Waals surface area contributed by atoms with Gasteiger partial charge in [-0.1, -0.05) is 13.8 Å². The van der Waals surface area contributed by atoms with Crippen LogP contribution in [0.5, 0.6) is 5.75 Å². The Balaban J connectivity index is 1.45. The van der Waals surface area contributed by atoms with Gasteiger partial charge >= 0.3 is 6.18 Å². The van der Waals surface area contributed by atoms with E-state index < -0.39 is 12.6 Å². The predicted octanol–water partition coefficient (Wildman–Crippen LogP) is 4.48. The molecule has 5 rings (SSSR count). The van der Waals surface area contributed by atoms with Crippen LogP contribution in [0.2, 0.25) is 0 Å². The van der Waals surface area contributed by atoms with E-state index in [1.807, 2.05) is 29.3 Å². The number of nitrogens with one attached hydrogen (secondary N) is 1. The van der Waals surface area contributed by atoms with Crippen molar-refractivity contribution in [2.75, 3.05) is 44.7 Å². The molecule has 0 radical (unpaired) electrons. The summed E-state index contributed by atoms with van der Waals surface area (Å²) in [7, 11) is 1.61. The molecule has 0 aliphatic carbocycles. The first kappa shape index (κ1) is 23.4. The van der Waals surface area contributed by atoms with E-state index in [1.165, 1.54) is 6.33 Å². The van der Waals surface area contributed by atoms with Crippen LogP contribution in [-0.4, -0.2) is 75.5 Å². The molecule has 11 heteroatoms. The van der Waals surface area contributed by atoms with Gasteiger partial charge in [-0.15, -0.1) is 0 Å². The van der Waals surface area contributed by atoms with Crippen LogP contribution in [0.15, 0.2) is 30.7 Å². The number of pyridine rings is 2. The number of halogens is 3. The molecule has 4 aromatic heterocycles. The van der Waals surface area contributed by atoms with Crippen LogP contribution in [0, 0.1) is 0 Å². The molecular weight excluding hydrogens is 459 g/mol. The Hall–Kier alpha value is -3.34. The summed E-state index contributed by atoms with van der Waals surface area (Å²) in [6.45, 7) is 6.76. The minimum absolute atomic E-state index is 0.0437. The number of anilines is 1. The van der Waals surface area contributed by atoms with Gasteiger partial charge in [0.05, 0.1) is 30.3 Å². The van der Waals surface area contributed by atoms with E-state index >= 15 is 0 Å². The molecule has 4 aromatic rings. The van der Waals surface area contributed by atoms with Crippen LogP contribution >= 0.6 is 0 Å². The maximum absolute atomic E-state index is 12.6. The number of aromatic nitrogens is 5. The highest BCUT2D eigenvalue weighted by molar-refractivity contribution is 5.90. The van der Waals surface area contributed by atoms with Crippen LogP contribution in [0.1, 0.15) is 31.7 Å². The molecule has 0 amide bonds. The Morgan fingerprint density at radius 1 is 1.14 bits per heavy atom. The minimum Gasteiger partial charge on any atom is -0.493 e. The molecule has 0 bridgehead atoms. The second-order valence-electron chi connectivity index (χ2n) is 9.15. The standard InChI is InChI=1S/C24H28F3N7O/c1-15(2)20-21(16-12-18(35-3)23-28-14-29-34(23)13-16)30-17-4-5-19(31-22(17)20)33-10-8-32(9-11-33)7-6-24(25,26)27/h4-5,12-15,30H,6-11H2,1-3H3. The number of methoxy groups -OCH3 is 1. The van der Waals surface area contributed by atoms with E-state index in [1.54, 1.807) is 11.6 Å². The minimum atomic E-state index is -4.12. The van der Waals surface area contributed by atoms with Crippen molar-refractivity contribution in [2.24, 2.45) is 0 Å². The zero-order valence-corrected chi connectivity index (χ0v) is 19.9. The average molecular weight is 488 g/mol. The fourth-order valence-electron chi connectivity index (χ4n) is 4.71. The molecule has 35 heavy (non-hydrogen) atoms. The largest absolute Gasteiger partial charge is 0.493 e. The van der Waals surface area contributed by atoms with E-state index in [-0.39, 0.29) is 12.5 Å². The van der Waals surface area contributed by atoms with E-state index in [2.05, 4.69) is 33.8 Å². The number of piperazine rings is 1. The number of alkyl halides is 3. The Labute approximate surface area is 200 Å². The Kier molecular flexibility index (Phi) is 6.04. The summed E-state index contributed by atoms with van der Waals surface area (Å²) in [5, 5.41) is 4.27. The van der Waals surface area contributed by atoms with Gasteiger partial charge in [0.2, 0.25) is 0 Å². The van der Waals surface area contributed by atoms with E-state index in [0.717, 1.165) is 33.7 Å². The summed E-state index contributed by atoms with van der Waals surface area (Å²) in [6.07, 6.45) is -1.48. The summed E-state index contributed by atoms with van der Waals surface area (Å²) >= 11 is 0. The molecule has 5 heterocycles. The Morgan fingerprint density at radius 3 is 2.60 bits per heavy atom. The van der Waals surface area contributed by atoms with Crippen LogP contribution in [-0.2, 0) is 0 Å². The van der Waals surface area contributed by atoms with Gasteiger partial charge in [-0.2, -0.15) is 18.3 Å². The number of fused-ring (bicyclic) bond motifs is 2. The van der Waals surface area contributed by atoms with Crippen molar-refractivity contribution >= 4 is 22.5 Å². The predicted molar refractivity (Wildman–Crippen MR) is 128 cm³/mol. The third kappa shape index (κ3) is 4.64. The molecule has 0 spiro atoms. The third-order valence-electron chi connectivity index (χ3n) is 6.50. The summed E-state index contributed by atoms with van der Waals surface area (Å²) in [5.41, 5.74) is 5.42. The molecule has 0 atom stereocenters. The van der Waals surface area contributed by atoms with Crippen molar-refractivity contribution in [3.8, 4) is 17.0 Å². The molecule has 0 unspecified atom stereocenters. The zero-order chi connectivity index (χ0) is 24.7. The van der Waals surface area contributed by atoms with Crippen LogP contribution in [0.4, 0.5) is 19.0 Å². The number of rotatable bonds is 6. The number of aromatic amines is 1. The lowest BCUT2D eigenvalue weighted by molar-refractivity contribution is -0.138. The monoisotopic (exact) mass is 487 g/mol. The number of hydrogen-bond donors (Lipinski definition) is 1. The van der Waals surface area contributed by atoms with E-state index in [9.17, 15) is 13.2 Å². The summed E-state index contributed by atoms with van der Waals surface area (Å²) in [6, 6.07) is 5.94. The van der Waals surface area contributed by atoms with Crippen LogP contribution in [0.3, 0.4) is 0 Å². The maximum Gasteiger partial charge on any atom is 0.390 e. The van der Waals surface area contributed by atoms with Crippen molar-refractivity contribution in [3.05, 3.63) is 36.3 Å². The van der Waals surface area contributed by atoms with Crippen molar-refractivity contribution in [1.82, 2.24) is 29.5 Å². The normalized spacial score (nSPS) is 15.6. The van der Waals surface area contributed by atoms with Crippen molar-refractivity contribution in [1.29, 1.82) is 0 Å². The molecule has 186 valence electrons. The molecule has 1 aliphatic heterocycles. The van der Waals surface area contributed by atoms with Gasteiger partial charge in [0, 0.05) is 50.0 Å². The third-order valence-corrected chi connectivity index (χ3v) is 6.50. The van der Waals surface area contributed by atoms with Gasteiger partial charge in [-0.3, -0.25) is 4.90 Å². The second-order valence-corrected chi connectivity index (χ2v) is 9.15. The molecule has 8 nitrogen and oxygen atoms in total. The molecule has 1 N–H and O–H groups in total. The first-order chi connectivity index (χ1) is 16.7. The molecule has 0 aromatic carbocycles. The van der Waals surface area contributed by atoms with Gasteiger partial charge in [-0.25, -0.2) is 14.5 Å². The molecule has 1 aliphatic rings. The van der Waals surface area contributed by atoms with Crippen molar-refractivity contribution < 1.29 is 17.9 Å². The highest BCUT2D eigenvalue weighted by Gasteiger charge is 2.29. The smallest absolute Gasteiger partial charge is 0.390 e. The van der Waals surface area contributed by atoms with Crippen molar-refractivity contribution in [2.45, 2.75) is 32.4 Å². The second kappa shape index (κ2) is 9.03. The molecule has 1 saturated heterocycles.